The van der Waals surface area contributed by atoms with E-state index in [0.29, 0.717) is 5.41 Å². The second kappa shape index (κ2) is 7.78. The van der Waals surface area contributed by atoms with Gasteiger partial charge in [0.2, 0.25) is 0 Å². The van der Waals surface area contributed by atoms with Crippen LogP contribution in [0.25, 0.3) is 0 Å². The third-order valence-electron chi connectivity index (χ3n) is 4.96. The summed E-state index contributed by atoms with van der Waals surface area (Å²) >= 11 is 0. The number of halogens is 3. The molecule has 0 unspecified atom stereocenters. The Morgan fingerprint density at radius 3 is 2.68 bits per heavy atom. The molecular formula is C17H24F3NO4. The number of hydrogen-bond acceptors (Lipinski definition) is 4. The van der Waals surface area contributed by atoms with Gasteiger partial charge < -0.3 is 14.3 Å². The normalized spacial score (nSPS) is 26.2. The number of aliphatic carboxylic acids is 1. The highest BCUT2D eigenvalue weighted by Crippen LogP contribution is 2.49. The lowest BCUT2D eigenvalue weighted by Gasteiger charge is -2.27. The molecule has 0 spiro atoms. The van der Waals surface area contributed by atoms with E-state index in [4.69, 9.17) is 19.1 Å². The molecule has 0 radical (unpaired) electrons. The molecule has 1 N–H and O–H groups in total. The van der Waals surface area contributed by atoms with Crippen molar-refractivity contribution in [3.05, 3.63) is 23.7 Å². The van der Waals surface area contributed by atoms with E-state index < -0.39 is 12.1 Å². The van der Waals surface area contributed by atoms with Crippen LogP contribution in [0.2, 0.25) is 0 Å². The molecule has 0 bridgehead atoms. The summed E-state index contributed by atoms with van der Waals surface area (Å²) in [6.45, 7) is 6.27. The zero-order valence-corrected chi connectivity index (χ0v) is 14.4. The molecule has 1 saturated heterocycles. The lowest BCUT2D eigenvalue weighted by molar-refractivity contribution is -0.192. The standard InChI is InChI=1S/C15H23NO2.C2HF3O2/c1-12-5-6-14(18-12)9-16-8-13-4-3-7-15(13,10-16)11-17-2;3-2(4,5)1(6)7/h5-6,13H,3-4,7-11H2,1-2H3;(H,6,7)/t13-,15+;/m1./s1. The quantitative estimate of drug-likeness (QED) is 0.888. The fraction of sp³-hybridized carbons (Fsp3) is 0.706. The molecule has 2 fully saturated rings. The summed E-state index contributed by atoms with van der Waals surface area (Å²) in [5.74, 6) is 0.178. The second-order valence-electron chi connectivity index (χ2n) is 6.87. The van der Waals surface area contributed by atoms with Gasteiger partial charge in [0.25, 0.3) is 0 Å². The Labute approximate surface area is 144 Å². The number of nitrogens with zero attached hydrogens (tertiary/aromatic N) is 1. The van der Waals surface area contributed by atoms with E-state index in [2.05, 4.69) is 17.0 Å². The van der Waals surface area contributed by atoms with Gasteiger partial charge >= 0.3 is 12.1 Å². The van der Waals surface area contributed by atoms with Crippen molar-refractivity contribution in [2.24, 2.45) is 11.3 Å². The number of aryl methyl sites for hydroxylation is 1. The van der Waals surface area contributed by atoms with Crippen molar-refractivity contribution in [2.45, 2.75) is 38.9 Å². The Balaban J connectivity index is 0.000000277. The highest BCUT2D eigenvalue weighted by molar-refractivity contribution is 5.73. The van der Waals surface area contributed by atoms with Gasteiger partial charge in [-0.25, -0.2) is 4.79 Å². The van der Waals surface area contributed by atoms with Crippen LogP contribution in [0, 0.1) is 18.3 Å². The number of methoxy groups -OCH3 is 1. The molecule has 142 valence electrons. The fourth-order valence-electron chi connectivity index (χ4n) is 3.96. The molecule has 1 aromatic rings. The fourth-order valence-corrected chi connectivity index (χ4v) is 3.96. The molecule has 2 heterocycles. The van der Waals surface area contributed by atoms with Gasteiger partial charge in [-0.2, -0.15) is 13.2 Å². The number of furan rings is 1. The zero-order valence-electron chi connectivity index (χ0n) is 14.4. The Hall–Kier alpha value is -1.54. The summed E-state index contributed by atoms with van der Waals surface area (Å²) in [6.07, 6.45) is -1.00. The minimum absolute atomic E-state index is 0.427. The number of hydrogen-bond donors (Lipinski definition) is 1. The highest BCUT2D eigenvalue weighted by Gasteiger charge is 2.49. The third kappa shape index (κ3) is 4.98. The lowest BCUT2D eigenvalue weighted by atomic mass is 9.82. The molecular weight excluding hydrogens is 339 g/mol. The van der Waals surface area contributed by atoms with E-state index in [1.54, 1.807) is 0 Å². The molecule has 2 aliphatic rings. The summed E-state index contributed by atoms with van der Waals surface area (Å²) in [5, 5.41) is 7.12. The number of carboxylic acids is 1. The first-order chi connectivity index (χ1) is 11.7. The van der Waals surface area contributed by atoms with Crippen LogP contribution in [-0.2, 0) is 16.1 Å². The Morgan fingerprint density at radius 2 is 2.16 bits per heavy atom. The highest BCUT2D eigenvalue weighted by atomic mass is 19.4. The molecule has 3 rings (SSSR count). The summed E-state index contributed by atoms with van der Waals surface area (Å²) in [6, 6.07) is 4.16. The van der Waals surface area contributed by atoms with Crippen molar-refractivity contribution in [3.8, 4) is 0 Å². The Morgan fingerprint density at radius 1 is 1.48 bits per heavy atom. The number of likely N-dealkylation sites (tertiary alicyclic amines) is 1. The van der Waals surface area contributed by atoms with Crippen LogP contribution in [0.15, 0.2) is 16.5 Å². The van der Waals surface area contributed by atoms with Gasteiger partial charge in [-0.3, -0.25) is 4.90 Å². The second-order valence-corrected chi connectivity index (χ2v) is 6.87. The maximum Gasteiger partial charge on any atom is 0.490 e. The maximum absolute atomic E-state index is 10.6. The molecule has 5 nitrogen and oxygen atoms in total. The molecule has 8 heteroatoms. The van der Waals surface area contributed by atoms with Crippen LogP contribution in [0.4, 0.5) is 13.2 Å². The molecule has 0 amide bonds. The van der Waals surface area contributed by atoms with Gasteiger partial charge in [0.1, 0.15) is 11.5 Å². The van der Waals surface area contributed by atoms with Gasteiger partial charge in [-0.05, 0) is 37.8 Å². The average Bonchev–Trinajstić information content (AvgIpc) is 3.13. The van der Waals surface area contributed by atoms with Gasteiger partial charge in [-0.1, -0.05) is 6.42 Å². The van der Waals surface area contributed by atoms with Crippen molar-refractivity contribution in [1.29, 1.82) is 0 Å². The monoisotopic (exact) mass is 363 g/mol. The largest absolute Gasteiger partial charge is 0.490 e. The van der Waals surface area contributed by atoms with Crippen molar-refractivity contribution in [2.75, 3.05) is 26.8 Å². The van der Waals surface area contributed by atoms with Crippen LogP contribution in [-0.4, -0.2) is 49.0 Å². The summed E-state index contributed by atoms with van der Waals surface area (Å²) in [5.41, 5.74) is 0.427. The molecule has 0 aromatic carbocycles. The van der Waals surface area contributed by atoms with E-state index in [9.17, 15) is 13.2 Å². The first-order valence-corrected chi connectivity index (χ1v) is 8.23. The first-order valence-electron chi connectivity index (χ1n) is 8.23. The molecule has 1 aliphatic carbocycles. The van der Waals surface area contributed by atoms with Crippen LogP contribution < -0.4 is 0 Å². The number of ether oxygens (including phenoxy) is 1. The predicted octanol–water partition coefficient (Wildman–Crippen LogP) is 3.47. The SMILES string of the molecule is COC[C@@]12CCC[C@@H]1CN(Cc1ccc(C)o1)C2.O=C(O)C(F)(F)F. The number of fused-ring (bicyclic) bond motifs is 1. The van der Waals surface area contributed by atoms with E-state index in [0.717, 1.165) is 30.6 Å². The molecule has 1 aromatic heterocycles. The summed E-state index contributed by atoms with van der Waals surface area (Å²) in [7, 11) is 1.84. The van der Waals surface area contributed by atoms with Crippen LogP contribution >= 0.6 is 0 Å². The summed E-state index contributed by atoms with van der Waals surface area (Å²) < 4.78 is 42.9. The van der Waals surface area contributed by atoms with Crippen molar-refractivity contribution < 1.29 is 32.2 Å². The van der Waals surface area contributed by atoms with Crippen LogP contribution in [0.5, 0.6) is 0 Å². The average molecular weight is 363 g/mol. The molecule has 2 atom stereocenters. The van der Waals surface area contributed by atoms with Gasteiger partial charge in [-0.15, -0.1) is 0 Å². The van der Waals surface area contributed by atoms with E-state index in [1.807, 2.05) is 14.0 Å². The molecule has 1 saturated carbocycles. The lowest BCUT2D eigenvalue weighted by Crippen LogP contribution is -2.31. The molecule has 1 aliphatic heterocycles. The van der Waals surface area contributed by atoms with E-state index in [1.165, 1.54) is 32.4 Å². The minimum atomic E-state index is -5.08. The van der Waals surface area contributed by atoms with Crippen molar-refractivity contribution in [1.82, 2.24) is 4.90 Å². The number of alkyl halides is 3. The first kappa shape index (κ1) is 19.8. The van der Waals surface area contributed by atoms with Gasteiger partial charge in [0, 0.05) is 25.6 Å². The number of rotatable bonds is 4. The van der Waals surface area contributed by atoms with E-state index >= 15 is 0 Å². The maximum atomic E-state index is 10.6. The Kier molecular flexibility index (Phi) is 6.16. The Bertz CT molecular complexity index is 587. The number of carboxylic acid groups (broad SMARTS) is 1. The van der Waals surface area contributed by atoms with Crippen molar-refractivity contribution in [3.63, 3.8) is 0 Å². The van der Waals surface area contributed by atoms with Gasteiger partial charge in [0.15, 0.2) is 0 Å². The van der Waals surface area contributed by atoms with E-state index in [-0.39, 0.29) is 0 Å². The van der Waals surface area contributed by atoms with Crippen LogP contribution in [0.1, 0.15) is 30.8 Å². The minimum Gasteiger partial charge on any atom is -0.475 e. The predicted molar refractivity (Wildman–Crippen MR) is 84.1 cm³/mol. The number of carbonyl (C=O) groups is 1. The van der Waals surface area contributed by atoms with Crippen molar-refractivity contribution >= 4 is 5.97 Å². The summed E-state index contributed by atoms with van der Waals surface area (Å²) in [4.78, 5) is 11.4. The van der Waals surface area contributed by atoms with Gasteiger partial charge in [0.05, 0.1) is 13.2 Å². The van der Waals surface area contributed by atoms with Crippen LogP contribution in [0.3, 0.4) is 0 Å². The third-order valence-corrected chi connectivity index (χ3v) is 4.96. The smallest absolute Gasteiger partial charge is 0.475 e. The topological polar surface area (TPSA) is 62.9 Å². The molecule has 25 heavy (non-hydrogen) atoms. The zero-order chi connectivity index (χ0) is 18.7.